The summed E-state index contributed by atoms with van der Waals surface area (Å²) in [4.78, 5) is 19.8. The number of hydrogen-bond acceptors (Lipinski definition) is 3. The molecule has 2 amide bonds. The molecule has 3 aliphatic rings. The van der Waals surface area contributed by atoms with Gasteiger partial charge in [-0.25, -0.2) is 4.79 Å². The van der Waals surface area contributed by atoms with Crippen LogP contribution in [0, 0.1) is 5.92 Å². The van der Waals surface area contributed by atoms with Crippen molar-refractivity contribution in [3.63, 3.8) is 0 Å². The second-order valence-electron chi connectivity index (χ2n) is 9.73. The number of methoxy groups -OCH3 is 1. The average Bonchev–Trinajstić information content (AvgIpc) is 2.80. The fraction of sp³-hybridized carbons (Fsp3) is 0.720. The lowest BCUT2D eigenvalue weighted by Crippen LogP contribution is -2.58. The van der Waals surface area contributed by atoms with E-state index in [9.17, 15) is 4.79 Å². The number of nitrogens with zero attached hydrogens (tertiary/aromatic N) is 3. The van der Waals surface area contributed by atoms with E-state index in [0.29, 0.717) is 18.0 Å². The van der Waals surface area contributed by atoms with Crippen molar-refractivity contribution < 1.29 is 9.53 Å². The lowest BCUT2D eigenvalue weighted by Gasteiger charge is -2.45. The van der Waals surface area contributed by atoms with Crippen molar-refractivity contribution >= 4 is 17.6 Å². The van der Waals surface area contributed by atoms with Gasteiger partial charge in [0.25, 0.3) is 0 Å². The standard InChI is InChI=1S/C25H38ClN3O2/c1-27-22(12-15-29(25(27)30)21-6-4-3-5-7-21)18-28-13-10-19(11-14-28)16-20-17-23(31-2)8-9-24(20)26/h8-9,17,19,21-22H,3-7,10-16,18H2,1-2H3. The van der Waals surface area contributed by atoms with Crippen LogP contribution in [0.15, 0.2) is 18.2 Å². The highest BCUT2D eigenvalue weighted by atomic mass is 35.5. The van der Waals surface area contributed by atoms with E-state index in [1.807, 2.05) is 24.1 Å². The summed E-state index contributed by atoms with van der Waals surface area (Å²) >= 11 is 6.42. The number of carbonyl (C=O) groups is 1. The van der Waals surface area contributed by atoms with Crippen LogP contribution in [0.2, 0.25) is 5.02 Å². The summed E-state index contributed by atoms with van der Waals surface area (Å²) in [7, 11) is 3.71. The number of likely N-dealkylation sites (tertiary alicyclic amines) is 1. The number of ether oxygens (including phenoxy) is 1. The normalized spacial score (nSPS) is 24.6. The van der Waals surface area contributed by atoms with E-state index < -0.39 is 0 Å². The summed E-state index contributed by atoms with van der Waals surface area (Å²) < 4.78 is 5.36. The monoisotopic (exact) mass is 447 g/mol. The highest BCUT2D eigenvalue weighted by Crippen LogP contribution is 2.30. The van der Waals surface area contributed by atoms with Crippen molar-refractivity contribution in [2.45, 2.75) is 69.9 Å². The highest BCUT2D eigenvalue weighted by Gasteiger charge is 2.36. The third-order valence-electron chi connectivity index (χ3n) is 7.75. The molecular formula is C25H38ClN3O2. The number of piperidine rings is 1. The van der Waals surface area contributed by atoms with Crippen molar-refractivity contribution in [3.05, 3.63) is 28.8 Å². The first-order chi connectivity index (χ1) is 15.0. The van der Waals surface area contributed by atoms with Gasteiger partial charge < -0.3 is 19.4 Å². The zero-order valence-corrected chi connectivity index (χ0v) is 19.9. The molecule has 1 saturated carbocycles. The van der Waals surface area contributed by atoms with Crippen LogP contribution in [0.3, 0.4) is 0 Å². The number of benzene rings is 1. The fourth-order valence-corrected chi connectivity index (χ4v) is 5.89. The summed E-state index contributed by atoms with van der Waals surface area (Å²) in [5.41, 5.74) is 1.19. The Balaban J connectivity index is 1.25. The first kappa shape index (κ1) is 22.7. The molecule has 0 aromatic heterocycles. The van der Waals surface area contributed by atoms with Crippen LogP contribution in [-0.2, 0) is 6.42 Å². The predicted octanol–water partition coefficient (Wildman–Crippen LogP) is 5.06. The zero-order chi connectivity index (χ0) is 21.8. The van der Waals surface area contributed by atoms with Crippen molar-refractivity contribution in [3.8, 4) is 5.75 Å². The number of rotatable bonds is 6. The Morgan fingerprint density at radius 1 is 1.03 bits per heavy atom. The van der Waals surface area contributed by atoms with Crippen LogP contribution in [0.1, 0.15) is 56.9 Å². The molecule has 1 aromatic carbocycles. The topological polar surface area (TPSA) is 36.0 Å². The summed E-state index contributed by atoms with van der Waals surface area (Å²) in [6, 6.07) is 7.02. The van der Waals surface area contributed by atoms with Crippen LogP contribution in [0.4, 0.5) is 4.79 Å². The lowest BCUT2D eigenvalue weighted by atomic mass is 9.89. The zero-order valence-electron chi connectivity index (χ0n) is 19.2. The van der Waals surface area contributed by atoms with Crippen LogP contribution >= 0.6 is 11.6 Å². The van der Waals surface area contributed by atoms with E-state index in [1.54, 1.807) is 7.11 Å². The number of amides is 2. The first-order valence-electron chi connectivity index (χ1n) is 12.1. The van der Waals surface area contributed by atoms with Crippen molar-refractivity contribution in [1.29, 1.82) is 0 Å². The second-order valence-corrected chi connectivity index (χ2v) is 10.1. The highest BCUT2D eigenvalue weighted by molar-refractivity contribution is 6.31. The molecule has 1 aliphatic carbocycles. The average molecular weight is 448 g/mol. The maximum absolute atomic E-state index is 13.0. The van der Waals surface area contributed by atoms with Gasteiger partial charge in [-0.05, 0) is 81.3 Å². The van der Waals surface area contributed by atoms with Gasteiger partial charge in [0.15, 0.2) is 0 Å². The molecule has 1 aromatic rings. The molecule has 1 atom stereocenters. The van der Waals surface area contributed by atoms with E-state index in [0.717, 1.165) is 49.8 Å². The molecule has 2 saturated heterocycles. The third-order valence-corrected chi connectivity index (χ3v) is 8.12. The fourth-order valence-electron chi connectivity index (χ4n) is 5.70. The SMILES string of the molecule is COc1ccc(Cl)c(CC2CCN(CC3CCN(C4CCCCC4)C(=O)N3C)CC2)c1. The van der Waals surface area contributed by atoms with Gasteiger partial charge in [0.05, 0.1) is 7.11 Å². The van der Waals surface area contributed by atoms with Crippen molar-refractivity contribution in [2.24, 2.45) is 5.92 Å². The van der Waals surface area contributed by atoms with Crippen LogP contribution in [-0.4, -0.2) is 73.2 Å². The predicted molar refractivity (Wildman–Crippen MR) is 126 cm³/mol. The van der Waals surface area contributed by atoms with E-state index in [2.05, 4.69) is 15.9 Å². The molecule has 3 fully saturated rings. The third kappa shape index (κ3) is 5.48. The molecule has 0 bridgehead atoms. The van der Waals surface area contributed by atoms with E-state index >= 15 is 0 Å². The van der Waals surface area contributed by atoms with Gasteiger partial charge in [0.1, 0.15) is 5.75 Å². The number of hydrogen-bond donors (Lipinski definition) is 0. The van der Waals surface area contributed by atoms with E-state index in [1.165, 1.54) is 50.5 Å². The number of likely N-dealkylation sites (N-methyl/N-ethyl adjacent to an activating group) is 1. The summed E-state index contributed by atoms with van der Waals surface area (Å²) in [5.74, 6) is 1.54. The quantitative estimate of drug-likeness (QED) is 0.611. The minimum Gasteiger partial charge on any atom is -0.497 e. The van der Waals surface area contributed by atoms with Gasteiger partial charge in [-0.2, -0.15) is 0 Å². The molecular weight excluding hydrogens is 410 g/mol. The van der Waals surface area contributed by atoms with Crippen LogP contribution in [0.25, 0.3) is 0 Å². The van der Waals surface area contributed by atoms with Gasteiger partial charge in [0, 0.05) is 37.2 Å². The molecule has 5 nitrogen and oxygen atoms in total. The maximum Gasteiger partial charge on any atom is 0.320 e. The molecule has 31 heavy (non-hydrogen) atoms. The summed E-state index contributed by atoms with van der Waals surface area (Å²) in [6.07, 6.45) is 10.7. The van der Waals surface area contributed by atoms with Crippen LogP contribution in [0.5, 0.6) is 5.75 Å². The molecule has 6 heteroatoms. The van der Waals surface area contributed by atoms with E-state index in [4.69, 9.17) is 16.3 Å². The molecule has 2 heterocycles. The molecule has 4 rings (SSSR count). The van der Waals surface area contributed by atoms with Gasteiger partial charge in [0.2, 0.25) is 0 Å². The van der Waals surface area contributed by atoms with Gasteiger partial charge in [-0.1, -0.05) is 30.9 Å². The number of urea groups is 1. The smallest absolute Gasteiger partial charge is 0.320 e. The first-order valence-corrected chi connectivity index (χ1v) is 12.5. The number of halogens is 1. The Morgan fingerprint density at radius 2 is 1.77 bits per heavy atom. The molecule has 1 unspecified atom stereocenters. The minimum atomic E-state index is 0.255. The Kier molecular flexibility index (Phi) is 7.65. The van der Waals surface area contributed by atoms with Gasteiger partial charge in [-0.3, -0.25) is 0 Å². The molecule has 2 aliphatic heterocycles. The Labute approximate surface area is 192 Å². The Bertz CT molecular complexity index is 744. The van der Waals surface area contributed by atoms with Crippen LogP contribution < -0.4 is 4.74 Å². The van der Waals surface area contributed by atoms with Crippen molar-refractivity contribution in [1.82, 2.24) is 14.7 Å². The summed E-state index contributed by atoms with van der Waals surface area (Å²) in [5, 5.41) is 0.841. The molecule has 0 spiro atoms. The molecule has 172 valence electrons. The maximum atomic E-state index is 13.0. The molecule has 0 N–H and O–H groups in total. The largest absolute Gasteiger partial charge is 0.497 e. The Hall–Kier alpha value is -1.46. The summed E-state index contributed by atoms with van der Waals surface area (Å²) in [6.45, 7) is 4.16. The number of carbonyl (C=O) groups excluding carboxylic acids is 1. The Morgan fingerprint density at radius 3 is 2.48 bits per heavy atom. The second kappa shape index (κ2) is 10.4. The van der Waals surface area contributed by atoms with Gasteiger partial charge >= 0.3 is 6.03 Å². The van der Waals surface area contributed by atoms with E-state index in [-0.39, 0.29) is 6.03 Å². The lowest BCUT2D eigenvalue weighted by molar-refractivity contribution is 0.0611. The van der Waals surface area contributed by atoms with Gasteiger partial charge in [-0.15, -0.1) is 0 Å². The van der Waals surface area contributed by atoms with Crippen molar-refractivity contribution in [2.75, 3.05) is 40.3 Å². The molecule has 0 radical (unpaired) electrons. The minimum absolute atomic E-state index is 0.255.